The molecule has 1 aliphatic carbocycles. The number of hydrogen-bond donors (Lipinski definition) is 2. The summed E-state index contributed by atoms with van der Waals surface area (Å²) in [6, 6.07) is 0.833. The number of nitrogens with one attached hydrogen (secondary N) is 2. The summed E-state index contributed by atoms with van der Waals surface area (Å²) >= 11 is 0. The summed E-state index contributed by atoms with van der Waals surface area (Å²) in [5, 5.41) is 7.18. The van der Waals surface area contributed by atoms with E-state index in [9.17, 15) is 0 Å². The Morgan fingerprint density at radius 2 is 1.93 bits per heavy atom. The summed E-state index contributed by atoms with van der Waals surface area (Å²) < 4.78 is 0. The molecule has 2 aliphatic rings. The first-order valence-corrected chi connectivity index (χ1v) is 6.28. The van der Waals surface area contributed by atoms with Gasteiger partial charge in [-0.15, -0.1) is 0 Å². The summed E-state index contributed by atoms with van der Waals surface area (Å²) in [4.78, 5) is 0. The van der Waals surface area contributed by atoms with Crippen molar-refractivity contribution < 1.29 is 0 Å². The molecule has 2 atom stereocenters. The van der Waals surface area contributed by atoms with E-state index in [0.29, 0.717) is 0 Å². The average Bonchev–Trinajstić information content (AvgIpc) is 2.63. The van der Waals surface area contributed by atoms with Crippen LogP contribution in [0, 0.1) is 11.8 Å². The Morgan fingerprint density at radius 1 is 1.14 bits per heavy atom. The molecule has 0 aromatic carbocycles. The molecule has 0 spiro atoms. The van der Waals surface area contributed by atoms with E-state index < -0.39 is 0 Å². The van der Waals surface area contributed by atoms with Crippen LogP contribution in [0.5, 0.6) is 0 Å². The SMILES string of the molecule is CC1CCC(NCC2CCNCC2)C1. The zero-order valence-corrected chi connectivity index (χ0v) is 9.39. The minimum Gasteiger partial charge on any atom is -0.317 e. The van der Waals surface area contributed by atoms with Crippen LogP contribution in [-0.2, 0) is 0 Å². The van der Waals surface area contributed by atoms with Gasteiger partial charge in [0.2, 0.25) is 0 Å². The fourth-order valence-corrected chi connectivity index (χ4v) is 2.81. The lowest BCUT2D eigenvalue weighted by Crippen LogP contribution is -2.37. The predicted octanol–water partition coefficient (Wildman–Crippen LogP) is 1.76. The van der Waals surface area contributed by atoms with Gasteiger partial charge >= 0.3 is 0 Å². The van der Waals surface area contributed by atoms with Crippen LogP contribution in [0.15, 0.2) is 0 Å². The standard InChI is InChI=1S/C12H24N2/c1-10-2-3-12(8-10)14-9-11-4-6-13-7-5-11/h10-14H,2-9H2,1H3. The van der Waals surface area contributed by atoms with E-state index in [2.05, 4.69) is 17.6 Å². The number of rotatable bonds is 3. The number of hydrogen-bond acceptors (Lipinski definition) is 2. The molecule has 0 amide bonds. The lowest BCUT2D eigenvalue weighted by atomic mass is 9.98. The molecule has 82 valence electrons. The van der Waals surface area contributed by atoms with E-state index >= 15 is 0 Å². The largest absolute Gasteiger partial charge is 0.317 e. The fraction of sp³-hybridized carbons (Fsp3) is 1.00. The second-order valence-corrected chi connectivity index (χ2v) is 5.22. The molecular weight excluding hydrogens is 172 g/mol. The molecule has 1 saturated heterocycles. The van der Waals surface area contributed by atoms with E-state index in [1.807, 2.05) is 0 Å². The molecule has 2 N–H and O–H groups in total. The molecule has 1 heterocycles. The lowest BCUT2D eigenvalue weighted by Gasteiger charge is -2.24. The lowest BCUT2D eigenvalue weighted by molar-refractivity contribution is 0.338. The van der Waals surface area contributed by atoms with Crippen LogP contribution in [0.25, 0.3) is 0 Å². The minimum atomic E-state index is 0.833. The van der Waals surface area contributed by atoms with Crippen LogP contribution in [0.4, 0.5) is 0 Å². The Labute approximate surface area is 87.8 Å². The van der Waals surface area contributed by atoms with Gasteiger partial charge in [-0.05, 0) is 63.6 Å². The molecule has 0 aromatic heterocycles. The molecule has 0 radical (unpaired) electrons. The topological polar surface area (TPSA) is 24.1 Å². The Morgan fingerprint density at radius 3 is 2.57 bits per heavy atom. The van der Waals surface area contributed by atoms with Gasteiger partial charge in [0.1, 0.15) is 0 Å². The average molecular weight is 196 g/mol. The van der Waals surface area contributed by atoms with Crippen LogP contribution in [0.3, 0.4) is 0 Å². The maximum absolute atomic E-state index is 3.75. The fourth-order valence-electron chi connectivity index (χ4n) is 2.81. The van der Waals surface area contributed by atoms with E-state index in [4.69, 9.17) is 0 Å². The maximum Gasteiger partial charge on any atom is 0.00698 e. The van der Waals surface area contributed by atoms with Crippen LogP contribution in [-0.4, -0.2) is 25.7 Å². The van der Waals surface area contributed by atoms with E-state index in [1.54, 1.807) is 0 Å². The minimum absolute atomic E-state index is 0.833. The van der Waals surface area contributed by atoms with Crippen LogP contribution >= 0.6 is 0 Å². The van der Waals surface area contributed by atoms with E-state index in [0.717, 1.165) is 17.9 Å². The molecule has 2 rings (SSSR count). The smallest absolute Gasteiger partial charge is 0.00698 e. The van der Waals surface area contributed by atoms with Crippen molar-refractivity contribution in [1.29, 1.82) is 0 Å². The van der Waals surface area contributed by atoms with Crippen molar-refractivity contribution >= 4 is 0 Å². The van der Waals surface area contributed by atoms with Gasteiger partial charge in [-0.3, -0.25) is 0 Å². The normalized spacial score (nSPS) is 34.9. The van der Waals surface area contributed by atoms with Crippen LogP contribution in [0.2, 0.25) is 0 Å². The van der Waals surface area contributed by atoms with Gasteiger partial charge in [-0.2, -0.15) is 0 Å². The molecule has 2 fully saturated rings. The van der Waals surface area contributed by atoms with Gasteiger partial charge in [0.25, 0.3) is 0 Å². The Balaban J connectivity index is 1.61. The molecule has 0 aromatic rings. The second-order valence-electron chi connectivity index (χ2n) is 5.22. The third kappa shape index (κ3) is 2.96. The molecule has 2 unspecified atom stereocenters. The van der Waals surface area contributed by atoms with Crippen molar-refractivity contribution in [1.82, 2.24) is 10.6 Å². The summed E-state index contributed by atoms with van der Waals surface area (Å²) in [6.07, 6.45) is 6.99. The van der Waals surface area contributed by atoms with E-state index in [-0.39, 0.29) is 0 Å². The zero-order chi connectivity index (χ0) is 9.80. The molecule has 14 heavy (non-hydrogen) atoms. The first-order valence-electron chi connectivity index (χ1n) is 6.28. The summed E-state index contributed by atoms with van der Waals surface area (Å²) in [5.74, 6) is 1.90. The van der Waals surface area contributed by atoms with Crippen molar-refractivity contribution in [2.45, 2.75) is 45.1 Å². The van der Waals surface area contributed by atoms with Gasteiger partial charge in [0, 0.05) is 6.04 Å². The molecule has 1 aliphatic heterocycles. The van der Waals surface area contributed by atoms with Crippen molar-refractivity contribution in [2.24, 2.45) is 11.8 Å². The van der Waals surface area contributed by atoms with Crippen molar-refractivity contribution in [3.63, 3.8) is 0 Å². The predicted molar refractivity (Wildman–Crippen MR) is 60.4 cm³/mol. The summed E-state index contributed by atoms with van der Waals surface area (Å²) in [6.45, 7) is 6.10. The number of piperidine rings is 1. The monoisotopic (exact) mass is 196 g/mol. The van der Waals surface area contributed by atoms with Crippen molar-refractivity contribution in [3.05, 3.63) is 0 Å². The highest BCUT2D eigenvalue weighted by Crippen LogP contribution is 2.25. The van der Waals surface area contributed by atoms with Gasteiger partial charge in [0.05, 0.1) is 0 Å². The zero-order valence-electron chi connectivity index (χ0n) is 9.39. The Kier molecular flexibility index (Phi) is 3.82. The molecule has 0 bridgehead atoms. The van der Waals surface area contributed by atoms with Crippen LogP contribution in [0.1, 0.15) is 39.0 Å². The molecular formula is C12H24N2. The molecule has 2 heteroatoms. The summed E-state index contributed by atoms with van der Waals surface area (Å²) in [7, 11) is 0. The first kappa shape index (κ1) is 10.4. The van der Waals surface area contributed by atoms with Crippen molar-refractivity contribution in [3.8, 4) is 0 Å². The van der Waals surface area contributed by atoms with E-state index in [1.165, 1.54) is 51.7 Å². The highest BCUT2D eigenvalue weighted by atomic mass is 14.9. The highest BCUT2D eigenvalue weighted by Gasteiger charge is 2.22. The van der Waals surface area contributed by atoms with Gasteiger partial charge in [0.15, 0.2) is 0 Å². The van der Waals surface area contributed by atoms with Crippen LogP contribution < -0.4 is 10.6 Å². The van der Waals surface area contributed by atoms with Gasteiger partial charge in [-0.25, -0.2) is 0 Å². The molecule has 1 saturated carbocycles. The van der Waals surface area contributed by atoms with Gasteiger partial charge < -0.3 is 10.6 Å². The summed E-state index contributed by atoms with van der Waals surface area (Å²) in [5.41, 5.74) is 0. The van der Waals surface area contributed by atoms with Crippen molar-refractivity contribution in [2.75, 3.05) is 19.6 Å². The molecule has 2 nitrogen and oxygen atoms in total. The first-order chi connectivity index (χ1) is 6.84. The van der Waals surface area contributed by atoms with Gasteiger partial charge in [-0.1, -0.05) is 6.92 Å². The quantitative estimate of drug-likeness (QED) is 0.719. The Bertz CT molecular complexity index is 159. The third-order valence-corrected chi connectivity index (χ3v) is 3.85. The second kappa shape index (κ2) is 5.13. The Hall–Kier alpha value is -0.0800. The maximum atomic E-state index is 3.75. The highest BCUT2D eigenvalue weighted by molar-refractivity contribution is 4.80. The third-order valence-electron chi connectivity index (χ3n) is 3.85.